The normalized spacial score (nSPS) is 9.75. The van der Waals surface area contributed by atoms with E-state index in [0.29, 0.717) is 5.56 Å². The zero-order valence-corrected chi connectivity index (χ0v) is 6.23. The summed E-state index contributed by atoms with van der Waals surface area (Å²) in [7, 11) is 0. The van der Waals surface area contributed by atoms with E-state index in [2.05, 4.69) is 0 Å². The first-order valence-electron chi connectivity index (χ1n) is 3.29. The Morgan fingerprint density at radius 3 is 2.75 bits per heavy atom. The largest absolute Gasteiger partial charge is 0.393 e. The van der Waals surface area contributed by atoms with Crippen molar-refractivity contribution in [3.63, 3.8) is 0 Å². The standard InChI is InChI=1S/C7H8N2O3/c8-7-5(4-10)2-1-3-6(7)9(11)12/h1-3,10H,4,8H2. The Bertz CT molecular complexity index is 312. The number of hydrogen-bond acceptors (Lipinski definition) is 4. The highest BCUT2D eigenvalue weighted by Crippen LogP contribution is 2.24. The molecule has 0 aliphatic rings. The molecule has 0 heterocycles. The first-order chi connectivity index (χ1) is 5.66. The molecule has 0 aromatic heterocycles. The Morgan fingerprint density at radius 2 is 2.25 bits per heavy atom. The monoisotopic (exact) mass is 168 g/mol. The van der Waals surface area contributed by atoms with E-state index in [9.17, 15) is 10.1 Å². The molecule has 0 amide bonds. The maximum atomic E-state index is 10.3. The fraction of sp³-hybridized carbons (Fsp3) is 0.143. The average Bonchev–Trinajstić information content (AvgIpc) is 2.04. The molecule has 5 heteroatoms. The van der Waals surface area contributed by atoms with Gasteiger partial charge in [0.25, 0.3) is 5.69 Å². The van der Waals surface area contributed by atoms with E-state index in [1.807, 2.05) is 0 Å². The Hall–Kier alpha value is -1.62. The number of nitro benzene ring substituents is 1. The fourth-order valence-corrected chi connectivity index (χ4v) is 0.897. The van der Waals surface area contributed by atoms with Crippen LogP contribution in [0, 0.1) is 10.1 Å². The summed E-state index contributed by atoms with van der Waals surface area (Å²) in [6, 6.07) is 4.33. The van der Waals surface area contributed by atoms with E-state index in [1.165, 1.54) is 12.1 Å². The predicted octanol–water partition coefficient (Wildman–Crippen LogP) is 0.669. The van der Waals surface area contributed by atoms with E-state index in [4.69, 9.17) is 10.8 Å². The minimum atomic E-state index is -0.575. The molecule has 1 aromatic carbocycles. The molecule has 0 fully saturated rings. The van der Waals surface area contributed by atoms with Crippen molar-refractivity contribution >= 4 is 11.4 Å². The Balaban J connectivity index is 3.23. The molecule has 1 aromatic rings. The summed E-state index contributed by atoms with van der Waals surface area (Å²) < 4.78 is 0. The summed E-state index contributed by atoms with van der Waals surface area (Å²) in [6.45, 7) is -0.284. The van der Waals surface area contributed by atoms with Crippen LogP contribution in [0.4, 0.5) is 11.4 Å². The van der Waals surface area contributed by atoms with Crippen molar-refractivity contribution in [1.29, 1.82) is 0 Å². The van der Waals surface area contributed by atoms with Gasteiger partial charge in [0.2, 0.25) is 0 Å². The van der Waals surface area contributed by atoms with E-state index in [0.717, 1.165) is 0 Å². The molecule has 1 rings (SSSR count). The van der Waals surface area contributed by atoms with Gasteiger partial charge in [-0.3, -0.25) is 10.1 Å². The van der Waals surface area contributed by atoms with Crippen molar-refractivity contribution in [1.82, 2.24) is 0 Å². The van der Waals surface area contributed by atoms with Gasteiger partial charge in [-0.15, -0.1) is 0 Å². The number of nitrogens with zero attached hydrogens (tertiary/aromatic N) is 1. The van der Waals surface area contributed by atoms with Crippen molar-refractivity contribution in [2.75, 3.05) is 5.73 Å². The lowest BCUT2D eigenvalue weighted by Crippen LogP contribution is -1.99. The lowest BCUT2D eigenvalue weighted by molar-refractivity contribution is -0.384. The third-order valence-corrected chi connectivity index (χ3v) is 1.54. The van der Waals surface area contributed by atoms with Gasteiger partial charge in [0.05, 0.1) is 11.5 Å². The van der Waals surface area contributed by atoms with Gasteiger partial charge in [-0.1, -0.05) is 12.1 Å². The number of para-hydroxylation sites is 1. The Morgan fingerprint density at radius 1 is 1.58 bits per heavy atom. The summed E-state index contributed by atoms with van der Waals surface area (Å²) in [5.74, 6) is 0. The van der Waals surface area contributed by atoms with Gasteiger partial charge in [0, 0.05) is 11.6 Å². The van der Waals surface area contributed by atoms with Crippen molar-refractivity contribution in [2.24, 2.45) is 0 Å². The van der Waals surface area contributed by atoms with Crippen molar-refractivity contribution in [2.45, 2.75) is 6.61 Å². The molecule has 0 bridgehead atoms. The molecule has 3 N–H and O–H groups in total. The van der Waals surface area contributed by atoms with Crippen molar-refractivity contribution < 1.29 is 10.0 Å². The minimum Gasteiger partial charge on any atom is -0.393 e. The quantitative estimate of drug-likeness (QED) is 0.386. The van der Waals surface area contributed by atoms with Crippen LogP contribution in [0.3, 0.4) is 0 Å². The van der Waals surface area contributed by atoms with Crippen LogP contribution in [0.2, 0.25) is 0 Å². The molecule has 64 valence electrons. The maximum absolute atomic E-state index is 10.3. The summed E-state index contributed by atoms with van der Waals surface area (Å²) in [5.41, 5.74) is 5.64. The van der Waals surface area contributed by atoms with Gasteiger partial charge >= 0.3 is 0 Å². The number of nitro groups is 1. The van der Waals surface area contributed by atoms with Crippen LogP contribution >= 0.6 is 0 Å². The second-order valence-electron chi connectivity index (χ2n) is 2.27. The predicted molar refractivity (Wildman–Crippen MR) is 43.4 cm³/mol. The van der Waals surface area contributed by atoms with Crippen LogP contribution in [0.25, 0.3) is 0 Å². The molecule has 12 heavy (non-hydrogen) atoms. The van der Waals surface area contributed by atoms with Crippen LogP contribution in [0.5, 0.6) is 0 Å². The number of hydrogen-bond donors (Lipinski definition) is 2. The van der Waals surface area contributed by atoms with Crippen LogP contribution in [0.1, 0.15) is 5.56 Å². The molecule has 0 spiro atoms. The van der Waals surface area contributed by atoms with Crippen LogP contribution in [-0.2, 0) is 6.61 Å². The summed E-state index contributed by atoms with van der Waals surface area (Å²) in [4.78, 5) is 9.76. The lowest BCUT2D eigenvalue weighted by Gasteiger charge is -2.01. The maximum Gasteiger partial charge on any atom is 0.292 e. The smallest absolute Gasteiger partial charge is 0.292 e. The second-order valence-corrected chi connectivity index (χ2v) is 2.27. The van der Waals surface area contributed by atoms with Gasteiger partial charge in [-0.2, -0.15) is 0 Å². The van der Waals surface area contributed by atoms with Crippen LogP contribution < -0.4 is 5.73 Å². The van der Waals surface area contributed by atoms with Crippen molar-refractivity contribution in [3.8, 4) is 0 Å². The summed E-state index contributed by atoms with van der Waals surface area (Å²) in [5, 5.41) is 19.1. The van der Waals surface area contributed by atoms with Crippen LogP contribution in [0.15, 0.2) is 18.2 Å². The molecule has 0 aliphatic carbocycles. The van der Waals surface area contributed by atoms with E-state index < -0.39 is 4.92 Å². The first-order valence-corrected chi connectivity index (χ1v) is 3.29. The number of aliphatic hydroxyl groups is 1. The number of nitrogens with two attached hydrogens (primary N) is 1. The van der Waals surface area contributed by atoms with Crippen LogP contribution in [-0.4, -0.2) is 10.0 Å². The van der Waals surface area contributed by atoms with Gasteiger partial charge in [-0.25, -0.2) is 0 Å². The average molecular weight is 168 g/mol. The highest BCUT2D eigenvalue weighted by molar-refractivity contribution is 5.62. The second kappa shape index (κ2) is 3.19. The third-order valence-electron chi connectivity index (χ3n) is 1.54. The molecule has 0 unspecified atom stereocenters. The van der Waals surface area contributed by atoms with E-state index >= 15 is 0 Å². The highest BCUT2D eigenvalue weighted by atomic mass is 16.6. The van der Waals surface area contributed by atoms with E-state index in [1.54, 1.807) is 6.07 Å². The molecule has 0 saturated carbocycles. The van der Waals surface area contributed by atoms with Gasteiger partial charge in [-0.05, 0) is 0 Å². The van der Waals surface area contributed by atoms with E-state index in [-0.39, 0.29) is 18.0 Å². The summed E-state index contributed by atoms with van der Waals surface area (Å²) >= 11 is 0. The van der Waals surface area contributed by atoms with Crippen molar-refractivity contribution in [3.05, 3.63) is 33.9 Å². The van der Waals surface area contributed by atoms with Gasteiger partial charge in [0.15, 0.2) is 0 Å². The number of benzene rings is 1. The molecule has 5 nitrogen and oxygen atoms in total. The van der Waals surface area contributed by atoms with Gasteiger partial charge in [0.1, 0.15) is 5.69 Å². The molecule has 0 aliphatic heterocycles. The topological polar surface area (TPSA) is 89.4 Å². The third kappa shape index (κ3) is 1.35. The fourth-order valence-electron chi connectivity index (χ4n) is 0.897. The Kier molecular flexibility index (Phi) is 2.25. The molecular weight excluding hydrogens is 160 g/mol. The molecule has 0 atom stereocenters. The molecular formula is C7H8N2O3. The minimum absolute atomic E-state index is 0.0324. The van der Waals surface area contributed by atoms with Gasteiger partial charge < -0.3 is 10.8 Å². The zero-order valence-electron chi connectivity index (χ0n) is 6.23. The molecule has 0 saturated heterocycles. The Labute approximate surface area is 68.6 Å². The first kappa shape index (κ1) is 8.48. The zero-order chi connectivity index (χ0) is 9.14. The number of anilines is 1. The molecule has 0 radical (unpaired) electrons. The lowest BCUT2D eigenvalue weighted by atomic mass is 10.1. The highest BCUT2D eigenvalue weighted by Gasteiger charge is 2.12. The summed E-state index contributed by atoms with van der Waals surface area (Å²) in [6.07, 6.45) is 0. The number of rotatable bonds is 2. The number of aliphatic hydroxyl groups excluding tert-OH is 1. The number of nitrogen functional groups attached to an aromatic ring is 1. The SMILES string of the molecule is Nc1c(CO)cccc1[N+](=O)[O-].